The van der Waals surface area contributed by atoms with Crippen molar-refractivity contribution in [3.05, 3.63) is 35.2 Å². The molecule has 16 heavy (non-hydrogen) atoms. The molecule has 0 unspecified atom stereocenters. The largest absolute Gasteiger partial charge is 0.416 e. The van der Waals surface area contributed by atoms with Crippen molar-refractivity contribution in [2.24, 2.45) is 0 Å². The first-order chi connectivity index (χ1) is 7.69. The summed E-state index contributed by atoms with van der Waals surface area (Å²) < 4.78 is 5.26. The second-order valence-electron chi connectivity index (χ2n) is 3.33. The molecule has 0 spiro atoms. The second kappa shape index (κ2) is 4.49. The Bertz CT molecular complexity index is 522. The van der Waals surface area contributed by atoms with E-state index in [9.17, 15) is 4.79 Å². The molecule has 0 N–H and O–H groups in total. The topological polar surface area (TPSA) is 56.0 Å². The number of hydrogen-bond donors (Lipinski definition) is 0. The van der Waals surface area contributed by atoms with Crippen LogP contribution in [-0.2, 0) is 0 Å². The van der Waals surface area contributed by atoms with E-state index in [1.165, 1.54) is 11.8 Å². The van der Waals surface area contributed by atoms with Crippen LogP contribution in [0.4, 0.5) is 0 Å². The minimum atomic E-state index is 0.510. The Kier molecular flexibility index (Phi) is 3.05. The van der Waals surface area contributed by atoms with Gasteiger partial charge >= 0.3 is 0 Å². The monoisotopic (exact) mass is 234 g/mol. The summed E-state index contributed by atoms with van der Waals surface area (Å²) in [5, 5.41) is 8.15. The lowest BCUT2D eigenvalue weighted by Crippen LogP contribution is -1.86. The van der Waals surface area contributed by atoms with Crippen molar-refractivity contribution in [1.82, 2.24) is 10.2 Å². The van der Waals surface area contributed by atoms with Crippen molar-refractivity contribution >= 4 is 18.0 Å². The van der Waals surface area contributed by atoms with Crippen molar-refractivity contribution in [3.63, 3.8) is 0 Å². The number of benzene rings is 1. The van der Waals surface area contributed by atoms with Gasteiger partial charge in [-0.2, -0.15) is 0 Å². The molecule has 0 aliphatic rings. The molecule has 1 aromatic carbocycles. The molecule has 82 valence electrons. The van der Waals surface area contributed by atoms with Crippen LogP contribution in [0.25, 0.3) is 0 Å². The van der Waals surface area contributed by atoms with Gasteiger partial charge in [0.25, 0.3) is 5.22 Å². The van der Waals surface area contributed by atoms with Crippen LogP contribution >= 0.6 is 11.8 Å². The Hall–Kier alpha value is -1.62. The zero-order chi connectivity index (χ0) is 11.5. The summed E-state index contributed by atoms with van der Waals surface area (Å²) >= 11 is 1.39. The van der Waals surface area contributed by atoms with Crippen molar-refractivity contribution in [2.45, 2.75) is 24.0 Å². The fourth-order valence-electron chi connectivity index (χ4n) is 1.26. The fourth-order valence-corrected chi connectivity index (χ4v) is 2.08. The smallest absolute Gasteiger partial charge is 0.281 e. The minimum absolute atomic E-state index is 0.510. The first-order valence-electron chi connectivity index (χ1n) is 4.73. The van der Waals surface area contributed by atoms with Gasteiger partial charge in [-0.05, 0) is 36.4 Å². The van der Waals surface area contributed by atoms with E-state index in [2.05, 4.69) is 10.2 Å². The van der Waals surface area contributed by atoms with Crippen LogP contribution in [0.2, 0.25) is 0 Å². The van der Waals surface area contributed by atoms with Crippen LogP contribution < -0.4 is 0 Å². The number of aryl methyl sites for hydroxylation is 2. The van der Waals surface area contributed by atoms with E-state index in [0.717, 1.165) is 16.7 Å². The second-order valence-corrected chi connectivity index (χ2v) is 4.35. The van der Waals surface area contributed by atoms with Gasteiger partial charge in [-0.1, -0.05) is 6.07 Å². The Morgan fingerprint density at radius 1 is 1.31 bits per heavy atom. The highest BCUT2D eigenvalue weighted by atomic mass is 32.2. The van der Waals surface area contributed by atoms with E-state index in [1.807, 2.05) is 19.1 Å². The molecule has 0 aliphatic heterocycles. The zero-order valence-corrected chi connectivity index (χ0v) is 9.75. The molecule has 0 amide bonds. The highest BCUT2D eigenvalue weighted by molar-refractivity contribution is 7.99. The summed E-state index contributed by atoms with van der Waals surface area (Å²) in [7, 11) is 0. The SMILES string of the molecule is Cc1nnc(Sc2ccc(C=O)c(C)c2)o1. The van der Waals surface area contributed by atoms with Gasteiger partial charge in [0.1, 0.15) is 6.29 Å². The van der Waals surface area contributed by atoms with E-state index in [4.69, 9.17) is 4.42 Å². The third kappa shape index (κ3) is 2.30. The molecule has 2 aromatic rings. The zero-order valence-electron chi connectivity index (χ0n) is 8.93. The van der Waals surface area contributed by atoms with E-state index in [-0.39, 0.29) is 0 Å². The minimum Gasteiger partial charge on any atom is -0.416 e. The Morgan fingerprint density at radius 2 is 2.12 bits per heavy atom. The molecule has 0 atom stereocenters. The number of hydrogen-bond acceptors (Lipinski definition) is 5. The third-order valence-corrected chi connectivity index (χ3v) is 2.91. The number of aldehydes is 1. The molecule has 2 rings (SSSR count). The van der Waals surface area contributed by atoms with Crippen LogP contribution in [0.1, 0.15) is 21.8 Å². The summed E-state index contributed by atoms with van der Waals surface area (Å²) in [5.74, 6) is 0.545. The first-order valence-corrected chi connectivity index (χ1v) is 5.54. The van der Waals surface area contributed by atoms with Gasteiger partial charge in [-0.25, -0.2) is 0 Å². The van der Waals surface area contributed by atoms with Crippen LogP contribution in [0.15, 0.2) is 32.7 Å². The molecule has 0 saturated carbocycles. The molecule has 0 radical (unpaired) electrons. The van der Waals surface area contributed by atoms with Crippen molar-refractivity contribution in [3.8, 4) is 0 Å². The molecule has 5 heteroatoms. The molecule has 0 fully saturated rings. The average Bonchev–Trinajstić information content (AvgIpc) is 2.64. The molecule has 0 saturated heterocycles. The van der Waals surface area contributed by atoms with Crippen LogP contribution in [0, 0.1) is 13.8 Å². The first kappa shape index (κ1) is 10.9. The van der Waals surface area contributed by atoms with Crippen LogP contribution in [0.3, 0.4) is 0 Å². The molecule has 1 aromatic heterocycles. The van der Waals surface area contributed by atoms with Crippen molar-refractivity contribution in [1.29, 1.82) is 0 Å². The predicted molar refractivity (Wildman–Crippen MR) is 59.7 cm³/mol. The maximum Gasteiger partial charge on any atom is 0.281 e. The quantitative estimate of drug-likeness (QED) is 0.764. The van der Waals surface area contributed by atoms with Gasteiger partial charge in [0.05, 0.1) is 0 Å². The standard InChI is InChI=1S/C11H10N2O2S/c1-7-5-10(4-3-9(7)6-14)16-11-13-12-8(2)15-11/h3-6H,1-2H3. The number of rotatable bonds is 3. The van der Waals surface area contributed by atoms with Gasteiger partial charge in [0, 0.05) is 17.4 Å². The molecule has 4 nitrogen and oxygen atoms in total. The maximum atomic E-state index is 10.7. The lowest BCUT2D eigenvalue weighted by Gasteiger charge is -2.00. The molecular weight excluding hydrogens is 224 g/mol. The number of carbonyl (C=O) groups is 1. The third-order valence-electron chi connectivity index (χ3n) is 2.08. The summed E-state index contributed by atoms with van der Waals surface area (Å²) in [6, 6.07) is 5.57. The van der Waals surface area contributed by atoms with Gasteiger partial charge in [0.2, 0.25) is 5.89 Å². The van der Waals surface area contributed by atoms with E-state index < -0.39 is 0 Å². The Balaban J connectivity index is 2.22. The average molecular weight is 234 g/mol. The van der Waals surface area contributed by atoms with Gasteiger partial charge < -0.3 is 4.42 Å². The van der Waals surface area contributed by atoms with Crippen LogP contribution in [0.5, 0.6) is 0 Å². The maximum absolute atomic E-state index is 10.7. The lowest BCUT2D eigenvalue weighted by atomic mass is 10.1. The molecule has 0 aliphatic carbocycles. The van der Waals surface area contributed by atoms with E-state index in [0.29, 0.717) is 16.7 Å². The van der Waals surface area contributed by atoms with Crippen molar-refractivity contribution < 1.29 is 9.21 Å². The van der Waals surface area contributed by atoms with Gasteiger partial charge in [0.15, 0.2) is 0 Å². The van der Waals surface area contributed by atoms with Crippen molar-refractivity contribution in [2.75, 3.05) is 0 Å². The van der Waals surface area contributed by atoms with Gasteiger partial charge in [-0.15, -0.1) is 10.2 Å². The highest BCUT2D eigenvalue weighted by Gasteiger charge is 2.06. The molecule has 0 bridgehead atoms. The predicted octanol–water partition coefficient (Wildman–Crippen LogP) is 2.65. The number of aromatic nitrogens is 2. The summed E-state index contributed by atoms with van der Waals surface area (Å²) in [6.07, 6.45) is 0.848. The summed E-state index contributed by atoms with van der Waals surface area (Å²) in [5.41, 5.74) is 1.64. The van der Waals surface area contributed by atoms with E-state index in [1.54, 1.807) is 13.0 Å². The number of carbonyl (C=O) groups excluding carboxylic acids is 1. The Labute approximate surface area is 97.1 Å². The molecule has 1 heterocycles. The number of nitrogens with zero attached hydrogens (tertiary/aromatic N) is 2. The van der Waals surface area contributed by atoms with Gasteiger partial charge in [-0.3, -0.25) is 4.79 Å². The fraction of sp³-hybridized carbons (Fsp3) is 0.182. The highest BCUT2D eigenvalue weighted by Crippen LogP contribution is 2.27. The normalized spacial score (nSPS) is 10.4. The molecular formula is C11H10N2O2S. The Morgan fingerprint density at radius 3 is 2.69 bits per heavy atom. The summed E-state index contributed by atoms with van der Waals surface area (Å²) in [4.78, 5) is 11.6. The van der Waals surface area contributed by atoms with Crippen LogP contribution in [-0.4, -0.2) is 16.5 Å². The van der Waals surface area contributed by atoms with E-state index >= 15 is 0 Å². The summed E-state index contributed by atoms with van der Waals surface area (Å²) in [6.45, 7) is 3.64. The lowest BCUT2D eigenvalue weighted by molar-refractivity contribution is 0.112.